The number of hydrogen-bond acceptors (Lipinski definition) is 4. The summed E-state index contributed by atoms with van der Waals surface area (Å²) in [5.74, 6) is -0.0644. The number of aromatic nitrogens is 1. The van der Waals surface area contributed by atoms with Gasteiger partial charge in [-0.15, -0.1) is 11.3 Å². The van der Waals surface area contributed by atoms with Gasteiger partial charge in [0.2, 0.25) is 5.91 Å². The van der Waals surface area contributed by atoms with Crippen LogP contribution in [-0.4, -0.2) is 10.9 Å². The van der Waals surface area contributed by atoms with Crippen molar-refractivity contribution < 1.29 is 4.79 Å². The van der Waals surface area contributed by atoms with E-state index in [1.54, 1.807) is 0 Å². The molecule has 1 heterocycles. The summed E-state index contributed by atoms with van der Waals surface area (Å²) in [5.41, 5.74) is 3.72. The molecule has 0 aliphatic heterocycles. The summed E-state index contributed by atoms with van der Waals surface area (Å²) < 4.78 is 0. The Hall–Kier alpha value is -2.66. The molecule has 4 nitrogen and oxygen atoms in total. The first-order valence-electron chi connectivity index (χ1n) is 7.32. The van der Waals surface area contributed by atoms with E-state index in [-0.39, 0.29) is 12.3 Å². The molecule has 1 aromatic heterocycles. The zero-order valence-electron chi connectivity index (χ0n) is 12.7. The molecule has 0 spiro atoms. The molecule has 0 bridgehead atoms. The Balaban J connectivity index is 1.58. The molecule has 2 N–H and O–H groups in total. The van der Waals surface area contributed by atoms with Gasteiger partial charge in [0.1, 0.15) is 0 Å². The van der Waals surface area contributed by atoms with Crippen LogP contribution in [0.25, 0.3) is 0 Å². The molecule has 2 aromatic carbocycles. The van der Waals surface area contributed by atoms with E-state index in [1.165, 1.54) is 16.9 Å². The SMILES string of the molecule is Cc1ccc(NC(=O)Cc2csc(Nc3ccccc3)n2)cc1. The number of benzene rings is 2. The quantitative estimate of drug-likeness (QED) is 0.733. The van der Waals surface area contributed by atoms with Crippen LogP contribution in [0.5, 0.6) is 0 Å². The van der Waals surface area contributed by atoms with Gasteiger partial charge in [0.25, 0.3) is 0 Å². The fraction of sp³-hybridized carbons (Fsp3) is 0.111. The number of carbonyl (C=O) groups is 1. The van der Waals surface area contributed by atoms with Gasteiger partial charge in [-0.25, -0.2) is 4.98 Å². The Kier molecular flexibility index (Phi) is 4.68. The Morgan fingerprint density at radius 2 is 1.78 bits per heavy atom. The normalized spacial score (nSPS) is 10.3. The molecule has 3 aromatic rings. The van der Waals surface area contributed by atoms with Crippen LogP contribution < -0.4 is 10.6 Å². The molecule has 0 saturated carbocycles. The molecule has 3 rings (SSSR count). The third-order valence-corrected chi connectivity index (χ3v) is 4.06. The lowest BCUT2D eigenvalue weighted by Gasteiger charge is -2.04. The van der Waals surface area contributed by atoms with Crippen LogP contribution in [0.15, 0.2) is 60.0 Å². The van der Waals surface area contributed by atoms with Crippen molar-refractivity contribution in [2.75, 3.05) is 10.6 Å². The fourth-order valence-corrected chi connectivity index (χ4v) is 2.83. The average Bonchev–Trinajstić information content (AvgIpc) is 2.97. The van der Waals surface area contributed by atoms with E-state index in [4.69, 9.17) is 0 Å². The number of anilines is 3. The molecule has 0 radical (unpaired) electrons. The van der Waals surface area contributed by atoms with E-state index in [9.17, 15) is 4.79 Å². The van der Waals surface area contributed by atoms with E-state index in [1.807, 2.05) is 66.9 Å². The lowest BCUT2D eigenvalue weighted by molar-refractivity contribution is -0.115. The lowest BCUT2D eigenvalue weighted by atomic mass is 10.2. The summed E-state index contributed by atoms with van der Waals surface area (Å²) in [6.45, 7) is 2.02. The van der Waals surface area contributed by atoms with E-state index in [0.717, 1.165) is 22.2 Å². The van der Waals surface area contributed by atoms with Crippen molar-refractivity contribution in [1.82, 2.24) is 4.98 Å². The van der Waals surface area contributed by atoms with Crippen molar-refractivity contribution in [3.63, 3.8) is 0 Å². The van der Waals surface area contributed by atoms with Crippen LogP contribution in [0.3, 0.4) is 0 Å². The second-order valence-corrected chi connectivity index (χ2v) is 6.08. The number of rotatable bonds is 5. The summed E-state index contributed by atoms with van der Waals surface area (Å²) in [6, 6.07) is 17.6. The van der Waals surface area contributed by atoms with Crippen molar-refractivity contribution in [2.45, 2.75) is 13.3 Å². The second-order valence-electron chi connectivity index (χ2n) is 5.23. The third kappa shape index (κ3) is 4.40. The zero-order chi connectivity index (χ0) is 16.1. The van der Waals surface area contributed by atoms with Gasteiger partial charge in [-0.1, -0.05) is 35.9 Å². The van der Waals surface area contributed by atoms with E-state index >= 15 is 0 Å². The highest BCUT2D eigenvalue weighted by Gasteiger charge is 2.08. The minimum Gasteiger partial charge on any atom is -0.332 e. The first kappa shape index (κ1) is 15.2. The molecule has 5 heteroatoms. The molecule has 116 valence electrons. The molecule has 0 saturated heterocycles. The van der Waals surface area contributed by atoms with Crippen LogP contribution >= 0.6 is 11.3 Å². The Morgan fingerprint density at radius 3 is 2.52 bits per heavy atom. The van der Waals surface area contributed by atoms with Crippen molar-refractivity contribution in [3.05, 3.63) is 71.2 Å². The number of nitrogens with zero attached hydrogens (tertiary/aromatic N) is 1. The number of thiazole rings is 1. The maximum atomic E-state index is 12.1. The molecular weight excluding hydrogens is 306 g/mol. The average molecular weight is 323 g/mol. The maximum absolute atomic E-state index is 12.1. The lowest BCUT2D eigenvalue weighted by Crippen LogP contribution is -2.14. The van der Waals surface area contributed by atoms with Crippen LogP contribution in [0.4, 0.5) is 16.5 Å². The van der Waals surface area contributed by atoms with Gasteiger partial charge in [0.15, 0.2) is 5.13 Å². The topological polar surface area (TPSA) is 54.0 Å². The number of para-hydroxylation sites is 1. The monoisotopic (exact) mass is 323 g/mol. The summed E-state index contributed by atoms with van der Waals surface area (Å²) in [5, 5.41) is 8.80. The van der Waals surface area contributed by atoms with Crippen molar-refractivity contribution in [2.24, 2.45) is 0 Å². The molecule has 0 aliphatic rings. The van der Waals surface area contributed by atoms with Gasteiger partial charge in [-0.3, -0.25) is 4.79 Å². The second kappa shape index (κ2) is 7.07. The van der Waals surface area contributed by atoms with Gasteiger partial charge in [-0.2, -0.15) is 0 Å². The minimum atomic E-state index is -0.0644. The van der Waals surface area contributed by atoms with E-state index < -0.39 is 0 Å². The summed E-state index contributed by atoms with van der Waals surface area (Å²) >= 11 is 1.49. The van der Waals surface area contributed by atoms with E-state index in [2.05, 4.69) is 15.6 Å². The highest BCUT2D eigenvalue weighted by Crippen LogP contribution is 2.21. The van der Waals surface area contributed by atoms with Gasteiger partial charge in [0, 0.05) is 16.8 Å². The van der Waals surface area contributed by atoms with Gasteiger partial charge in [-0.05, 0) is 31.2 Å². The minimum absolute atomic E-state index is 0.0644. The highest BCUT2D eigenvalue weighted by atomic mass is 32.1. The maximum Gasteiger partial charge on any atom is 0.230 e. The van der Waals surface area contributed by atoms with Crippen LogP contribution in [-0.2, 0) is 11.2 Å². The summed E-state index contributed by atoms with van der Waals surface area (Å²) in [7, 11) is 0. The largest absolute Gasteiger partial charge is 0.332 e. The third-order valence-electron chi connectivity index (χ3n) is 3.25. The number of nitrogens with one attached hydrogen (secondary N) is 2. The summed E-state index contributed by atoms with van der Waals surface area (Å²) in [4.78, 5) is 16.5. The number of aryl methyl sites for hydroxylation is 1. The Bertz CT molecular complexity index is 782. The molecule has 0 atom stereocenters. The van der Waals surface area contributed by atoms with E-state index in [0.29, 0.717) is 0 Å². The van der Waals surface area contributed by atoms with Crippen molar-refractivity contribution in [1.29, 1.82) is 0 Å². The molecular formula is C18H17N3OS. The predicted molar refractivity (Wildman–Crippen MR) is 95.4 cm³/mol. The molecule has 0 unspecified atom stereocenters. The van der Waals surface area contributed by atoms with Crippen LogP contribution in [0.2, 0.25) is 0 Å². The Morgan fingerprint density at radius 1 is 1.04 bits per heavy atom. The molecule has 1 amide bonds. The predicted octanol–water partition coefficient (Wildman–Crippen LogP) is 4.38. The zero-order valence-corrected chi connectivity index (χ0v) is 13.6. The number of amides is 1. The molecule has 23 heavy (non-hydrogen) atoms. The summed E-state index contributed by atoms with van der Waals surface area (Å²) in [6.07, 6.45) is 0.265. The number of hydrogen-bond donors (Lipinski definition) is 2. The molecule has 0 aliphatic carbocycles. The van der Waals surface area contributed by atoms with Crippen molar-refractivity contribution >= 4 is 33.8 Å². The number of carbonyl (C=O) groups excluding carboxylic acids is 1. The van der Waals surface area contributed by atoms with Gasteiger partial charge >= 0.3 is 0 Å². The Labute approximate surface area is 139 Å². The van der Waals surface area contributed by atoms with Crippen LogP contribution in [0.1, 0.15) is 11.3 Å². The first-order chi connectivity index (χ1) is 11.2. The smallest absolute Gasteiger partial charge is 0.230 e. The van der Waals surface area contributed by atoms with Gasteiger partial charge < -0.3 is 10.6 Å². The van der Waals surface area contributed by atoms with Crippen molar-refractivity contribution in [3.8, 4) is 0 Å². The fourth-order valence-electron chi connectivity index (χ4n) is 2.10. The van der Waals surface area contributed by atoms with Gasteiger partial charge in [0.05, 0.1) is 12.1 Å². The molecule has 0 fully saturated rings. The first-order valence-corrected chi connectivity index (χ1v) is 8.20. The van der Waals surface area contributed by atoms with Crippen LogP contribution in [0, 0.1) is 6.92 Å². The highest BCUT2D eigenvalue weighted by molar-refractivity contribution is 7.13. The standard InChI is InChI=1S/C18H17N3OS/c1-13-7-9-15(10-8-13)19-17(22)11-16-12-23-18(21-16)20-14-5-3-2-4-6-14/h2-10,12H,11H2,1H3,(H,19,22)(H,20,21).